The molecule has 0 aromatic heterocycles. The lowest BCUT2D eigenvalue weighted by Gasteiger charge is -2.31. The SMILES string of the molecule is CCOc1cc(N2CCOCC2)c(OCC)cc1NC(=O)c1ccc(C#N)cc1. The van der Waals surface area contributed by atoms with E-state index in [-0.39, 0.29) is 5.91 Å². The summed E-state index contributed by atoms with van der Waals surface area (Å²) < 4.78 is 17.1. The van der Waals surface area contributed by atoms with Gasteiger partial charge in [0.25, 0.3) is 5.91 Å². The molecule has 1 N–H and O–H groups in total. The fourth-order valence-corrected chi connectivity index (χ4v) is 3.13. The summed E-state index contributed by atoms with van der Waals surface area (Å²) in [6.45, 7) is 7.65. The number of ether oxygens (including phenoxy) is 3. The number of nitriles is 1. The summed E-state index contributed by atoms with van der Waals surface area (Å²) in [5.41, 5.74) is 2.43. The van der Waals surface area contributed by atoms with Crippen molar-refractivity contribution in [3.8, 4) is 17.6 Å². The second kappa shape index (κ2) is 9.80. The van der Waals surface area contributed by atoms with Crippen LogP contribution in [0.2, 0.25) is 0 Å². The lowest BCUT2D eigenvalue weighted by molar-refractivity contribution is 0.102. The van der Waals surface area contributed by atoms with Gasteiger partial charge in [-0.25, -0.2) is 0 Å². The molecule has 0 radical (unpaired) electrons. The maximum Gasteiger partial charge on any atom is 0.255 e. The van der Waals surface area contributed by atoms with Crippen LogP contribution in [0.1, 0.15) is 29.8 Å². The van der Waals surface area contributed by atoms with Crippen LogP contribution in [-0.2, 0) is 4.74 Å². The maximum absolute atomic E-state index is 12.7. The molecule has 1 amide bonds. The van der Waals surface area contributed by atoms with E-state index in [0.29, 0.717) is 54.7 Å². The molecule has 0 saturated carbocycles. The molecule has 0 aliphatic carbocycles. The number of benzene rings is 2. The van der Waals surface area contributed by atoms with Gasteiger partial charge >= 0.3 is 0 Å². The number of nitrogens with zero attached hydrogens (tertiary/aromatic N) is 2. The summed E-state index contributed by atoms with van der Waals surface area (Å²) in [6, 6.07) is 12.2. The van der Waals surface area contributed by atoms with Gasteiger partial charge in [0.05, 0.1) is 49.4 Å². The first kappa shape index (κ1) is 20.5. The van der Waals surface area contributed by atoms with Crippen molar-refractivity contribution in [2.24, 2.45) is 0 Å². The molecule has 0 atom stereocenters. The van der Waals surface area contributed by atoms with Gasteiger partial charge < -0.3 is 24.4 Å². The van der Waals surface area contributed by atoms with Gasteiger partial charge in [-0.3, -0.25) is 4.79 Å². The van der Waals surface area contributed by atoms with Gasteiger partial charge in [0.1, 0.15) is 11.5 Å². The summed E-state index contributed by atoms with van der Waals surface area (Å²) in [7, 11) is 0. The molecule has 0 spiro atoms. The topological polar surface area (TPSA) is 83.8 Å². The Morgan fingerprint density at radius 1 is 1.10 bits per heavy atom. The largest absolute Gasteiger partial charge is 0.492 e. The van der Waals surface area contributed by atoms with E-state index in [4.69, 9.17) is 19.5 Å². The third kappa shape index (κ3) is 4.98. The lowest BCUT2D eigenvalue weighted by Crippen LogP contribution is -2.36. The lowest BCUT2D eigenvalue weighted by atomic mass is 10.1. The second-order valence-electron chi connectivity index (χ2n) is 6.42. The van der Waals surface area contributed by atoms with Gasteiger partial charge in [0.2, 0.25) is 0 Å². The van der Waals surface area contributed by atoms with Crippen molar-refractivity contribution >= 4 is 17.3 Å². The van der Waals surface area contributed by atoms with E-state index >= 15 is 0 Å². The molecule has 152 valence electrons. The van der Waals surface area contributed by atoms with E-state index in [1.807, 2.05) is 26.0 Å². The van der Waals surface area contributed by atoms with Crippen molar-refractivity contribution in [1.82, 2.24) is 0 Å². The van der Waals surface area contributed by atoms with Gasteiger partial charge in [-0.2, -0.15) is 5.26 Å². The minimum Gasteiger partial charge on any atom is -0.492 e. The van der Waals surface area contributed by atoms with Gasteiger partial charge in [0.15, 0.2) is 0 Å². The summed E-state index contributed by atoms with van der Waals surface area (Å²) in [4.78, 5) is 14.9. The molecule has 7 nitrogen and oxygen atoms in total. The van der Waals surface area contributed by atoms with Crippen LogP contribution in [0.3, 0.4) is 0 Å². The zero-order valence-corrected chi connectivity index (χ0v) is 16.7. The molecule has 0 unspecified atom stereocenters. The van der Waals surface area contributed by atoms with Crippen LogP contribution in [0, 0.1) is 11.3 Å². The van der Waals surface area contributed by atoms with Crippen molar-refractivity contribution < 1.29 is 19.0 Å². The highest BCUT2D eigenvalue weighted by Gasteiger charge is 2.20. The van der Waals surface area contributed by atoms with Crippen LogP contribution >= 0.6 is 0 Å². The monoisotopic (exact) mass is 395 g/mol. The van der Waals surface area contributed by atoms with E-state index in [1.54, 1.807) is 30.3 Å². The third-order valence-electron chi connectivity index (χ3n) is 4.54. The van der Waals surface area contributed by atoms with E-state index in [0.717, 1.165) is 18.8 Å². The minimum atomic E-state index is -0.281. The van der Waals surface area contributed by atoms with Gasteiger partial charge in [-0.15, -0.1) is 0 Å². The molecule has 1 fully saturated rings. The average molecular weight is 395 g/mol. The molecule has 1 saturated heterocycles. The average Bonchev–Trinajstić information content (AvgIpc) is 2.76. The van der Waals surface area contributed by atoms with Crippen LogP contribution in [-0.4, -0.2) is 45.4 Å². The molecular formula is C22H25N3O4. The van der Waals surface area contributed by atoms with Crippen LogP contribution in [0.4, 0.5) is 11.4 Å². The first-order chi connectivity index (χ1) is 14.2. The van der Waals surface area contributed by atoms with E-state index < -0.39 is 0 Å². The number of hydrogen-bond donors (Lipinski definition) is 1. The Labute approximate surface area is 170 Å². The number of morpholine rings is 1. The van der Waals surface area contributed by atoms with Crippen molar-refractivity contribution in [3.63, 3.8) is 0 Å². The summed E-state index contributed by atoms with van der Waals surface area (Å²) >= 11 is 0. The molecule has 3 rings (SSSR count). The molecule has 1 aliphatic rings. The Balaban J connectivity index is 1.92. The second-order valence-corrected chi connectivity index (χ2v) is 6.42. The summed E-state index contributed by atoms with van der Waals surface area (Å²) in [5.74, 6) is 0.990. The van der Waals surface area contributed by atoms with E-state index in [2.05, 4.69) is 10.2 Å². The first-order valence-corrected chi connectivity index (χ1v) is 9.74. The Morgan fingerprint density at radius 2 is 1.76 bits per heavy atom. The fourth-order valence-electron chi connectivity index (χ4n) is 3.13. The van der Waals surface area contributed by atoms with Crippen molar-refractivity contribution in [2.45, 2.75) is 13.8 Å². The number of carbonyl (C=O) groups excluding carboxylic acids is 1. The fraction of sp³-hybridized carbons (Fsp3) is 0.364. The minimum absolute atomic E-state index is 0.281. The molecule has 2 aromatic carbocycles. The van der Waals surface area contributed by atoms with Crippen molar-refractivity contribution in [1.29, 1.82) is 5.26 Å². The maximum atomic E-state index is 12.7. The van der Waals surface area contributed by atoms with Crippen LogP contribution in [0.5, 0.6) is 11.5 Å². The number of carbonyl (C=O) groups is 1. The number of anilines is 2. The third-order valence-corrected chi connectivity index (χ3v) is 4.54. The van der Waals surface area contributed by atoms with Crippen molar-refractivity contribution in [2.75, 3.05) is 49.7 Å². The first-order valence-electron chi connectivity index (χ1n) is 9.74. The highest BCUT2D eigenvalue weighted by atomic mass is 16.5. The molecule has 7 heteroatoms. The Kier molecular flexibility index (Phi) is 6.93. The number of amides is 1. The Morgan fingerprint density at radius 3 is 2.38 bits per heavy atom. The zero-order chi connectivity index (χ0) is 20.6. The predicted molar refractivity (Wildman–Crippen MR) is 111 cm³/mol. The van der Waals surface area contributed by atoms with E-state index in [1.165, 1.54) is 0 Å². The molecule has 2 aromatic rings. The molecule has 1 heterocycles. The van der Waals surface area contributed by atoms with Crippen LogP contribution in [0.15, 0.2) is 36.4 Å². The predicted octanol–water partition coefficient (Wildman–Crippen LogP) is 3.44. The van der Waals surface area contributed by atoms with Gasteiger partial charge in [0, 0.05) is 30.8 Å². The Hall–Kier alpha value is -3.24. The molecule has 1 aliphatic heterocycles. The molecule has 0 bridgehead atoms. The zero-order valence-electron chi connectivity index (χ0n) is 16.7. The molecular weight excluding hydrogens is 370 g/mol. The highest BCUT2D eigenvalue weighted by Crippen LogP contribution is 2.39. The summed E-state index contributed by atoms with van der Waals surface area (Å²) in [6.07, 6.45) is 0. The highest BCUT2D eigenvalue weighted by molar-refractivity contribution is 6.05. The number of hydrogen-bond acceptors (Lipinski definition) is 6. The molecule has 29 heavy (non-hydrogen) atoms. The van der Waals surface area contributed by atoms with Crippen LogP contribution in [0.25, 0.3) is 0 Å². The van der Waals surface area contributed by atoms with Crippen LogP contribution < -0.4 is 19.7 Å². The normalized spacial score (nSPS) is 13.5. The number of rotatable bonds is 7. The standard InChI is InChI=1S/C22H25N3O4/c1-3-28-20-14-19(25-9-11-27-12-10-25)21(29-4-2)13-18(20)24-22(26)17-7-5-16(15-23)6-8-17/h5-8,13-14H,3-4,9-12H2,1-2H3,(H,24,26). The quantitative estimate of drug-likeness (QED) is 0.773. The Bertz CT molecular complexity index is 884. The van der Waals surface area contributed by atoms with E-state index in [9.17, 15) is 4.79 Å². The van der Waals surface area contributed by atoms with Gasteiger partial charge in [-0.05, 0) is 38.1 Å². The summed E-state index contributed by atoms with van der Waals surface area (Å²) in [5, 5.41) is 11.8. The van der Waals surface area contributed by atoms with Gasteiger partial charge in [-0.1, -0.05) is 0 Å². The van der Waals surface area contributed by atoms with Crippen molar-refractivity contribution in [3.05, 3.63) is 47.5 Å². The number of nitrogens with one attached hydrogen (secondary N) is 1. The smallest absolute Gasteiger partial charge is 0.255 e.